The zero-order valence-corrected chi connectivity index (χ0v) is 12.4. The molecule has 3 nitrogen and oxygen atoms in total. The molecule has 19 heavy (non-hydrogen) atoms. The van der Waals surface area contributed by atoms with Crippen molar-refractivity contribution < 1.29 is 13.2 Å². The number of hydrogen-bond donors (Lipinski definition) is 0. The van der Waals surface area contributed by atoms with Crippen LogP contribution in [0.3, 0.4) is 0 Å². The first-order valence-electron chi connectivity index (χ1n) is 5.83. The molecule has 0 aliphatic carbocycles. The van der Waals surface area contributed by atoms with Crippen LogP contribution in [0.1, 0.15) is 20.8 Å². The number of allylic oxidation sites excluding steroid dienone is 1. The highest BCUT2D eigenvalue weighted by molar-refractivity contribution is 7.94. The van der Waals surface area contributed by atoms with Gasteiger partial charge in [-0.15, -0.1) is 0 Å². The molecule has 0 radical (unpaired) electrons. The van der Waals surface area contributed by atoms with E-state index in [2.05, 4.69) is 11.8 Å². The van der Waals surface area contributed by atoms with Crippen molar-refractivity contribution in [2.45, 2.75) is 25.7 Å². The second-order valence-corrected chi connectivity index (χ2v) is 6.84. The minimum absolute atomic E-state index is 0.138. The normalized spacial score (nSPS) is 12.5. The maximum atomic E-state index is 12.1. The summed E-state index contributed by atoms with van der Waals surface area (Å²) in [6.45, 7) is 5.83. The number of benzene rings is 1. The summed E-state index contributed by atoms with van der Waals surface area (Å²) < 4.78 is 29.2. The fourth-order valence-electron chi connectivity index (χ4n) is 1.20. The molecule has 4 heteroatoms. The van der Waals surface area contributed by atoms with Crippen LogP contribution in [0.25, 0.3) is 0 Å². The topological polar surface area (TPSA) is 43.4 Å². The zero-order chi connectivity index (χ0) is 14.5. The van der Waals surface area contributed by atoms with E-state index in [0.717, 1.165) is 5.41 Å². The Morgan fingerprint density at radius 3 is 2.26 bits per heavy atom. The molecule has 1 aromatic rings. The molecule has 0 saturated carbocycles. The summed E-state index contributed by atoms with van der Waals surface area (Å²) in [6.07, 6.45) is 0. The van der Waals surface area contributed by atoms with Gasteiger partial charge in [0.05, 0.1) is 17.4 Å². The minimum Gasteiger partial charge on any atom is -0.488 e. The monoisotopic (exact) mass is 278 g/mol. The summed E-state index contributed by atoms with van der Waals surface area (Å²) in [7, 11) is -2.12. The van der Waals surface area contributed by atoms with Gasteiger partial charge in [-0.3, -0.25) is 0 Å². The number of ether oxygens (including phenoxy) is 1. The molecule has 0 atom stereocenters. The van der Waals surface area contributed by atoms with Crippen LogP contribution < -0.4 is 0 Å². The Morgan fingerprint density at radius 1 is 1.21 bits per heavy atom. The number of hydrogen-bond acceptors (Lipinski definition) is 3. The minimum atomic E-state index is -3.53. The lowest BCUT2D eigenvalue weighted by Gasteiger charge is -2.07. The molecule has 102 valence electrons. The molecule has 0 saturated heterocycles. The first-order chi connectivity index (χ1) is 8.74. The maximum Gasteiger partial charge on any atom is 0.204 e. The van der Waals surface area contributed by atoms with Gasteiger partial charge >= 0.3 is 0 Å². The molecule has 0 amide bonds. The van der Waals surface area contributed by atoms with E-state index in [1.54, 1.807) is 18.2 Å². The average molecular weight is 278 g/mol. The molecule has 0 bridgehead atoms. The third-order valence-electron chi connectivity index (χ3n) is 2.11. The number of methoxy groups -OCH3 is 1. The molecule has 1 rings (SSSR count). The van der Waals surface area contributed by atoms with Gasteiger partial charge in [0.1, 0.15) is 0 Å². The third-order valence-corrected chi connectivity index (χ3v) is 3.57. The van der Waals surface area contributed by atoms with E-state index in [0.29, 0.717) is 0 Å². The fraction of sp³-hybridized carbons (Fsp3) is 0.333. The molecule has 0 aliphatic rings. The molecule has 1 aromatic carbocycles. The summed E-state index contributed by atoms with van der Waals surface area (Å²) in [5.74, 6) is 5.82. The fourth-order valence-corrected chi connectivity index (χ4v) is 2.31. The van der Waals surface area contributed by atoms with Crippen LogP contribution in [-0.4, -0.2) is 15.5 Å². The van der Waals surface area contributed by atoms with Crippen LogP contribution in [0.4, 0.5) is 0 Å². The smallest absolute Gasteiger partial charge is 0.204 e. The predicted octanol–water partition coefficient (Wildman–Crippen LogP) is 3.00. The van der Waals surface area contributed by atoms with Crippen LogP contribution >= 0.6 is 0 Å². The van der Waals surface area contributed by atoms with E-state index in [4.69, 9.17) is 4.74 Å². The summed E-state index contributed by atoms with van der Waals surface area (Å²) in [5, 5.41) is 1.06. The molecule has 0 unspecified atom stereocenters. The molecule has 0 spiro atoms. The third kappa shape index (κ3) is 5.19. The van der Waals surface area contributed by atoms with Crippen molar-refractivity contribution in [3.63, 3.8) is 0 Å². The predicted molar refractivity (Wildman–Crippen MR) is 76.0 cm³/mol. The van der Waals surface area contributed by atoms with E-state index >= 15 is 0 Å². The van der Waals surface area contributed by atoms with Crippen molar-refractivity contribution in [1.82, 2.24) is 0 Å². The highest BCUT2D eigenvalue weighted by atomic mass is 32.2. The van der Waals surface area contributed by atoms with Gasteiger partial charge in [0.15, 0.2) is 5.76 Å². The molecule has 0 aromatic heterocycles. The lowest BCUT2D eigenvalue weighted by atomic mass is 9.98. The summed E-state index contributed by atoms with van der Waals surface area (Å²) in [4.78, 5) is 0.224. The molecule has 0 aliphatic heterocycles. The van der Waals surface area contributed by atoms with Crippen molar-refractivity contribution >= 4 is 9.84 Å². The quantitative estimate of drug-likeness (QED) is 0.630. The Morgan fingerprint density at radius 2 is 1.79 bits per heavy atom. The van der Waals surface area contributed by atoms with Crippen LogP contribution in [0, 0.1) is 17.3 Å². The van der Waals surface area contributed by atoms with Gasteiger partial charge < -0.3 is 4.74 Å². The first-order valence-corrected chi connectivity index (χ1v) is 7.38. The molecular weight excluding hydrogens is 260 g/mol. The van der Waals surface area contributed by atoms with Gasteiger partial charge in [-0.05, 0) is 38.8 Å². The van der Waals surface area contributed by atoms with Crippen LogP contribution in [0.5, 0.6) is 0 Å². The molecule has 0 N–H and O–H groups in total. The Labute approximate surface area is 115 Å². The van der Waals surface area contributed by atoms with Crippen molar-refractivity contribution in [3.05, 3.63) is 41.5 Å². The summed E-state index contributed by atoms with van der Waals surface area (Å²) >= 11 is 0. The lowest BCUT2D eigenvalue weighted by Crippen LogP contribution is -2.01. The maximum absolute atomic E-state index is 12.1. The van der Waals surface area contributed by atoms with E-state index in [1.807, 2.05) is 20.8 Å². The second kappa shape index (κ2) is 5.94. The van der Waals surface area contributed by atoms with Crippen molar-refractivity contribution in [3.8, 4) is 11.8 Å². The average Bonchev–Trinajstić information content (AvgIpc) is 2.34. The van der Waals surface area contributed by atoms with E-state index in [-0.39, 0.29) is 16.1 Å². The van der Waals surface area contributed by atoms with Gasteiger partial charge in [0.2, 0.25) is 9.84 Å². The van der Waals surface area contributed by atoms with Gasteiger partial charge in [-0.25, -0.2) is 8.42 Å². The van der Waals surface area contributed by atoms with Gasteiger partial charge in [0, 0.05) is 5.41 Å². The molecular formula is C15H18O3S. The lowest BCUT2D eigenvalue weighted by molar-refractivity contribution is 0.311. The Kier molecular flexibility index (Phi) is 4.79. The highest BCUT2D eigenvalue weighted by Crippen LogP contribution is 2.15. The first kappa shape index (κ1) is 15.3. The Hall–Kier alpha value is -1.73. The van der Waals surface area contributed by atoms with Crippen LogP contribution in [0.2, 0.25) is 0 Å². The largest absolute Gasteiger partial charge is 0.488 e. The highest BCUT2D eigenvalue weighted by Gasteiger charge is 2.12. The summed E-state index contributed by atoms with van der Waals surface area (Å²) in [5.41, 5.74) is -0.214. The van der Waals surface area contributed by atoms with Crippen LogP contribution in [-0.2, 0) is 14.6 Å². The number of rotatable bonds is 3. The summed E-state index contributed by atoms with van der Waals surface area (Å²) in [6, 6.07) is 8.19. The zero-order valence-electron chi connectivity index (χ0n) is 11.6. The van der Waals surface area contributed by atoms with Gasteiger partial charge in [0.25, 0.3) is 0 Å². The van der Waals surface area contributed by atoms with Crippen molar-refractivity contribution in [2.75, 3.05) is 7.11 Å². The molecule has 0 heterocycles. The van der Waals surface area contributed by atoms with Crippen LogP contribution in [0.15, 0.2) is 46.4 Å². The molecule has 0 fully saturated rings. The van der Waals surface area contributed by atoms with Crippen molar-refractivity contribution in [2.24, 2.45) is 5.41 Å². The van der Waals surface area contributed by atoms with E-state index < -0.39 is 9.84 Å². The van der Waals surface area contributed by atoms with E-state index in [1.165, 1.54) is 19.2 Å². The van der Waals surface area contributed by atoms with E-state index in [9.17, 15) is 8.42 Å². The van der Waals surface area contributed by atoms with Gasteiger partial charge in [-0.2, -0.15) is 0 Å². The standard InChI is InChI=1S/C15H18O3S/c1-15(2,3)11-10-13(18-4)12-19(16,17)14-8-6-5-7-9-14/h5-9,12H,1-4H3/b13-12+. The SMILES string of the molecule is CO/C(C#CC(C)(C)C)=C/S(=O)(=O)c1ccccc1. The van der Waals surface area contributed by atoms with Crippen molar-refractivity contribution in [1.29, 1.82) is 0 Å². The Bertz CT molecular complexity index is 609. The Balaban J connectivity index is 3.14. The second-order valence-electron chi connectivity index (χ2n) is 5.04. The number of sulfone groups is 1. The van der Waals surface area contributed by atoms with Gasteiger partial charge in [-0.1, -0.05) is 24.1 Å².